The van der Waals surface area contributed by atoms with Crippen LogP contribution >= 0.6 is 0 Å². The number of rotatable bonds is 0. The van der Waals surface area contributed by atoms with Crippen molar-refractivity contribution in [1.29, 1.82) is 0 Å². The quantitative estimate of drug-likeness (QED) is 0.394. The van der Waals surface area contributed by atoms with Gasteiger partial charge >= 0.3 is 71.6 Å². The first kappa shape index (κ1) is 14.5. The third-order valence-corrected chi connectivity index (χ3v) is 4.96. The Labute approximate surface area is 95.9 Å². The minimum Gasteiger partial charge on any atom is -1.00 e. The molecule has 0 aromatic carbocycles. The SMILES string of the molecule is CC1=CC(C)=[C]([Hf+2])C1C.[Cl-].[Cl-]. The first-order chi connectivity index (χ1) is 4.13. The molecule has 0 saturated carbocycles. The van der Waals surface area contributed by atoms with Crippen molar-refractivity contribution in [3.05, 3.63) is 20.6 Å². The van der Waals surface area contributed by atoms with E-state index in [0.717, 1.165) is 5.92 Å². The van der Waals surface area contributed by atoms with Crippen molar-refractivity contribution >= 4 is 0 Å². The third-order valence-electron chi connectivity index (χ3n) is 1.99. The maximum absolute atomic E-state index is 2.31. The van der Waals surface area contributed by atoms with E-state index in [2.05, 4.69) is 26.8 Å². The van der Waals surface area contributed by atoms with Gasteiger partial charge in [-0.2, -0.15) is 0 Å². The van der Waals surface area contributed by atoms with E-state index in [4.69, 9.17) is 0 Å². The zero-order valence-corrected chi connectivity index (χ0v) is 12.0. The summed E-state index contributed by atoms with van der Waals surface area (Å²) in [6.07, 6.45) is 2.31. The summed E-state index contributed by atoms with van der Waals surface area (Å²) in [7, 11) is 0. The summed E-state index contributed by atoms with van der Waals surface area (Å²) in [6.45, 7) is 6.74. The molecule has 0 aromatic rings. The molecule has 0 fully saturated rings. The second-order valence-electron chi connectivity index (χ2n) is 2.71. The molecule has 0 aromatic heterocycles. The summed E-state index contributed by atoms with van der Waals surface area (Å²) >= 11 is 1.24. The fourth-order valence-corrected chi connectivity index (χ4v) is 2.19. The number of hydrogen-bond acceptors (Lipinski definition) is 0. The second-order valence-corrected chi connectivity index (χ2v) is 4.64. The minimum absolute atomic E-state index is 0. The summed E-state index contributed by atoms with van der Waals surface area (Å²) in [5.41, 5.74) is 3.06. The monoisotopic (exact) mass is 357 g/mol. The first-order valence-corrected chi connectivity index (χ1v) is 5.03. The normalized spacial score (nSPS) is 22.3. The molecule has 0 aliphatic heterocycles. The van der Waals surface area contributed by atoms with Crippen molar-refractivity contribution in [1.82, 2.24) is 0 Å². The molecule has 0 heterocycles. The summed E-state index contributed by atoms with van der Waals surface area (Å²) in [4.78, 5) is 0. The smallest absolute Gasteiger partial charge is 1.00 e. The van der Waals surface area contributed by atoms with Gasteiger partial charge in [-0.05, 0) is 0 Å². The standard InChI is InChI=1S/C8H11.2ClH.Hf/c1-6-4-7(2)8(3)5-6;;;/h4,8H,1-3H3;2*1H;/q;;;+2/p-2. The number of hydrogen-bond donors (Lipinski definition) is 0. The van der Waals surface area contributed by atoms with Crippen LogP contribution in [0.1, 0.15) is 20.8 Å². The van der Waals surface area contributed by atoms with E-state index in [0.29, 0.717) is 0 Å². The second kappa shape index (κ2) is 5.55. The summed E-state index contributed by atoms with van der Waals surface area (Å²) in [6, 6.07) is 0. The Bertz CT molecular complexity index is 194. The van der Waals surface area contributed by atoms with Crippen LogP contribution in [-0.4, -0.2) is 0 Å². The summed E-state index contributed by atoms with van der Waals surface area (Å²) < 4.78 is 1.67. The van der Waals surface area contributed by atoms with Crippen LogP contribution in [0.15, 0.2) is 20.6 Å². The fourth-order valence-electron chi connectivity index (χ4n) is 1.11. The van der Waals surface area contributed by atoms with E-state index < -0.39 is 0 Å². The molecule has 1 unspecified atom stereocenters. The number of allylic oxidation sites excluding steroid dienone is 4. The Balaban J connectivity index is 0. The molecule has 0 nitrogen and oxygen atoms in total. The molecular weight excluding hydrogens is 345 g/mol. The molecule has 0 spiro atoms. The molecule has 1 aliphatic carbocycles. The molecule has 0 bridgehead atoms. The van der Waals surface area contributed by atoms with Gasteiger partial charge in [-0.25, -0.2) is 0 Å². The topological polar surface area (TPSA) is 0 Å². The summed E-state index contributed by atoms with van der Waals surface area (Å²) in [5.74, 6) is 0.761. The van der Waals surface area contributed by atoms with Crippen molar-refractivity contribution in [3.63, 3.8) is 0 Å². The molecule has 0 saturated heterocycles. The van der Waals surface area contributed by atoms with Crippen molar-refractivity contribution in [2.75, 3.05) is 0 Å². The largest absolute Gasteiger partial charge is 1.00 e. The van der Waals surface area contributed by atoms with Gasteiger partial charge in [0.05, 0.1) is 0 Å². The van der Waals surface area contributed by atoms with Crippen LogP contribution in [0.4, 0.5) is 0 Å². The van der Waals surface area contributed by atoms with Gasteiger partial charge in [0.25, 0.3) is 0 Å². The Kier molecular flexibility index (Phi) is 7.30. The zero-order valence-electron chi connectivity index (χ0n) is 6.91. The van der Waals surface area contributed by atoms with Crippen molar-refractivity contribution in [2.45, 2.75) is 20.8 Å². The van der Waals surface area contributed by atoms with Crippen LogP contribution in [0.3, 0.4) is 0 Å². The maximum atomic E-state index is 2.31. The van der Waals surface area contributed by atoms with E-state index in [9.17, 15) is 0 Å². The molecular formula is C8H11Cl2Hf. The fraction of sp³-hybridized carbons (Fsp3) is 0.500. The molecule has 1 rings (SSSR count). The zero-order chi connectivity index (χ0) is 7.02. The van der Waals surface area contributed by atoms with Crippen LogP contribution in [0, 0.1) is 5.92 Å². The minimum atomic E-state index is 0. The first-order valence-electron chi connectivity index (χ1n) is 3.23. The van der Waals surface area contributed by atoms with Gasteiger partial charge in [-0.3, -0.25) is 0 Å². The predicted octanol–water partition coefficient (Wildman–Crippen LogP) is -3.59. The number of halogens is 2. The van der Waals surface area contributed by atoms with Crippen molar-refractivity contribution in [3.8, 4) is 0 Å². The Morgan fingerprint density at radius 3 is 1.82 bits per heavy atom. The molecule has 0 N–H and O–H groups in total. The van der Waals surface area contributed by atoms with E-state index in [1.54, 1.807) is 3.33 Å². The van der Waals surface area contributed by atoms with Gasteiger partial charge in [0.1, 0.15) is 0 Å². The van der Waals surface area contributed by atoms with Gasteiger partial charge in [0.15, 0.2) is 0 Å². The Morgan fingerprint density at radius 1 is 1.27 bits per heavy atom. The molecule has 61 valence electrons. The van der Waals surface area contributed by atoms with E-state index in [-0.39, 0.29) is 24.8 Å². The van der Waals surface area contributed by atoms with Crippen molar-refractivity contribution < 1.29 is 49.2 Å². The van der Waals surface area contributed by atoms with Crippen LogP contribution in [0.5, 0.6) is 0 Å². The van der Waals surface area contributed by atoms with E-state index in [1.807, 2.05) is 0 Å². The molecule has 0 amide bonds. The maximum Gasteiger partial charge on any atom is -1.00 e. The van der Waals surface area contributed by atoms with Crippen LogP contribution in [0.2, 0.25) is 0 Å². The van der Waals surface area contributed by atoms with Gasteiger partial charge in [0, 0.05) is 0 Å². The molecule has 3 heteroatoms. The molecule has 11 heavy (non-hydrogen) atoms. The van der Waals surface area contributed by atoms with Crippen molar-refractivity contribution in [2.24, 2.45) is 5.92 Å². The van der Waals surface area contributed by atoms with E-state index in [1.165, 1.54) is 35.5 Å². The van der Waals surface area contributed by atoms with Gasteiger partial charge in [0.2, 0.25) is 0 Å². The third kappa shape index (κ3) is 3.04. The average molecular weight is 357 g/mol. The van der Waals surface area contributed by atoms with Gasteiger partial charge in [-0.15, -0.1) is 0 Å². The average Bonchev–Trinajstić information content (AvgIpc) is 1.98. The van der Waals surface area contributed by atoms with E-state index >= 15 is 0 Å². The van der Waals surface area contributed by atoms with Crippen LogP contribution < -0.4 is 24.8 Å². The summed E-state index contributed by atoms with van der Waals surface area (Å²) in [5, 5.41) is 0. The predicted molar refractivity (Wildman–Crippen MR) is 35.6 cm³/mol. The van der Waals surface area contributed by atoms with Crippen LogP contribution in [0.25, 0.3) is 0 Å². The molecule has 1 aliphatic rings. The van der Waals surface area contributed by atoms with Gasteiger partial charge in [-0.1, -0.05) is 0 Å². The molecule has 1 atom stereocenters. The molecule has 0 radical (unpaired) electrons. The van der Waals surface area contributed by atoms with Gasteiger partial charge < -0.3 is 24.8 Å². The Morgan fingerprint density at radius 2 is 1.73 bits per heavy atom. The Hall–Kier alpha value is 0.930. The van der Waals surface area contributed by atoms with Crippen LogP contribution in [-0.2, 0) is 24.4 Å².